The molecule has 4 heteroatoms. The zero-order valence-electron chi connectivity index (χ0n) is 11.1. The summed E-state index contributed by atoms with van der Waals surface area (Å²) in [6.45, 7) is 3.53. The van der Waals surface area contributed by atoms with Crippen molar-refractivity contribution in [3.05, 3.63) is 0 Å². The largest absolute Gasteiger partial charge is 0.381 e. The SMILES string of the molecule is CC1CCC(C#N)(NC(=O)C2CCOCC2)CC1. The van der Waals surface area contributed by atoms with Crippen LogP contribution in [-0.2, 0) is 9.53 Å². The van der Waals surface area contributed by atoms with Crippen molar-refractivity contribution in [1.82, 2.24) is 5.32 Å². The third-order valence-corrected chi connectivity index (χ3v) is 4.30. The molecule has 1 saturated carbocycles. The molecule has 1 amide bonds. The van der Waals surface area contributed by atoms with Crippen LogP contribution in [0.5, 0.6) is 0 Å². The summed E-state index contributed by atoms with van der Waals surface area (Å²) >= 11 is 0. The lowest BCUT2D eigenvalue weighted by Gasteiger charge is -2.35. The second kappa shape index (κ2) is 5.71. The predicted octanol–water partition coefficient (Wildman–Crippen LogP) is 2.00. The molecule has 0 spiro atoms. The molecule has 2 rings (SSSR count). The number of ether oxygens (including phenoxy) is 1. The fourth-order valence-corrected chi connectivity index (χ4v) is 2.82. The van der Waals surface area contributed by atoms with Crippen molar-refractivity contribution in [1.29, 1.82) is 5.26 Å². The van der Waals surface area contributed by atoms with Crippen molar-refractivity contribution >= 4 is 5.91 Å². The lowest BCUT2D eigenvalue weighted by atomic mass is 9.77. The molecule has 0 aromatic heterocycles. The Kier molecular flexibility index (Phi) is 4.23. The topological polar surface area (TPSA) is 62.1 Å². The van der Waals surface area contributed by atoms with Gasteiger partial charge in [0, 0.05) is 19.1 Å². The normalized spacial score (nSPS) is 33.7. The molecule has 1 aliphatic carbocycles. The maximum absolute atomic E-state index is 12.2. The quantitative estimate of drug-likeness (QED) is 0.815. The van der Waals surface area contributed by atoms with E-state index in [0.29, 0.717) is 19.1 Å². The molecule has 0 aromatic rings. The van der Waals surface area contributed by atoms with Crippen LogP contribution >= 0.6 is 0 Å². The Hall–Kier alpha value is -1.08. The summed E-state index contributed by atoms with van der Waals surface area (Å²) < 4.78 is 5.26. The lowest BCUT2D eigenvalue weighted by molar-refractivity contribution is -0.129. The molecule has 1 saturated heterocycles. The number of hydrogen-bond donors (Lipinski definition) is 1. The number of carbonyl (C=O) groups is 1. The third kappa shape index (κ3) is 3.02. The highest BCUT2D eigenvalue weighted by Gasteiger charge is 2.37. The predicted molar refractivity (Wildman–Crippen MR) is 67.7 cm³/mol. The van der Waals surface area contributed by atoms with Crippen LogP contribution in [0, 0.1) is 23.2 Å². The lowest BCUT2D eigenvalue weighted by Crippen LogP contribution is -2.51. The number of nitrogens with zero attached hydrogens (tertiary/aromatic N) is 1. The van der Waals surface area contributed by atoms with Gasteiger partial charge in [-0.05, 0) is 44.4 Å². The maximum Gasteiger partial charge on any atom is 0.224 e. The Bertz CT molecular complexity index is 334. The van der Waals surface area contributed by atoms with E-state index >= 15 is 0 Å². The van der Waals surface area contributed by atoms with Gasteiger partial charge >= 0.3 is 0 Å². The fraction of sp³-hybridized carbons (Fsp3) is 0.857. The van der Waals surface area contributed by atoms with Crippen LogP contribution in [0.4, 0.5) is 0 Å². The van der Waals surface area contributed by atoms with E-state index in [9.17, 15) is 10.1 Å². The Morgan fingerprint density at radius 3 is 2.44 bits per heavy atom. The van der Waals surface area contributed by atoms with E-state index in [1.165, 1.54) is 0 Å². The second-order valence-corrected chi connectivity index (χ2v) is 5.75. The molecule has 4 nitrogen and oxygen atoms in total. The van der Waals surface area contributed by atoms with E-state index in [0.717, 1.165) is 38.5 Å². The molecular weight excluding hydrogens is 228 g/mol. The van der Waals surface area contributed by atoms with Gasteiger partial charge in [-0.1, -0.05) is 6.92 Å². The molecule has 1 aliphatic heterocycles. The maximum atomic E-state index is 12.2. The van der Waals surface area contributed by atoms with Crippen LogP contribution < -0.4 is 5.32 Å². The summed E-state index contributed by atoms with van der Waals surface area (Å²) in [5.74, 6) is 0.754. The zero-order valence-corrected chi connectivity index (χ0v) is 11.1. The Morgan fingerprint density at radius 1 is 1.28 bits per heavy atom. The highest BCUT2D eigenvalue weighted by molar-refractivity contribution is 5.80. The first-order valence-electron chi connectivity index (χ1n) is 6.96. The number of hydrogen-bond acceptors (Lipinski definition) is 3. The van der Waals surface area contributed by atoms with Crippen molar-refractivity contribution in [3.8, 4) is 6.07 Å². The van der Waals surface area contributed by atoms with E-state index in [-0.39, 0.29) is 11.8 Å². The van der Waals surface area contributed by atoms with Gasteiger partial charge in [-0.2, -0.15) is 5.26 Å². The van der Waals surface area contributed by atoms with Crippen LogP contribution in [0.25, 0.3) is 0 Å². The van der Waals surface area contributed by atoms with E-state index in [2.05, 4.69) is 18.3 Å². The second-order valence-electron chi connectivity index (χ2n) is 5.75. The van der Waals surface area contributed by atoms with Gasteiger partial charge in [0.1, 0.15) is 5.54 Å². The molecule has 0 aromatic carbocycles. The minimum Gasteiger partial charge on any atom is -0.381 e. The van der Waals surface area contributed by atoms with E-state index in [4.69, 9.17) is 4.74 Å². The smallest absolute Gasteiger partial charge is 0.224 e. The first kappa shape index (κ1) is 13.4. The van der Waals surface area contributed by atoms with Crippen molar-refractivity contribution in [2.45, 2.75) is 51.0 Å². The molecular formula is C14H22N2O2. The van der Waals surface area contributed by atoms with Gasteiger partial charge in [0.05, 0.1) is 6.07 Å². The van der Waals surface area contributed by atoms with Gasteiger partial charge in [0.15, 0.2) is 0 Å². The summed E-state index contributed by atoms with van der Waals surface area (Å²) in [5, 5.41) is 12.4. The fourth-order valence-electron chi connectivity index (χ4n) is 2.82. The molecule has 18 heavy (non-hydrogen) atoms. The van der Waals surface area contributed by atoms with Crippen LogP contribution in [0.1, 0.15) is 45.4 Å². The molecule has 0 unspecified atom stereocenters. The average Bonchev–Trinajstić information content (AvgIpc) is 2.43. The summed E-state index contributed by atoms with van der Waals surface area (Å²) in [6.07, 6.45) is 5.20. The van der Waals surface area contributed by atoms with Crippen molar-refractivity contribution in [2.24, 2.45) is 11.8 Å². The summed E-state index contributed by atoms with van der Waals surface area (Å²) in [6, 6.07) is 2.34. The van der Waals surface area contributed by atoms with Crippen LogP contribution in [0.2, 0.25) is 0 Å². The Labute approximate surface area is 109 Å². The molecule has 2 aliphatic rings. The minimum absolute atomic E-state index is 0.0309. The molecule has 0 bridgehead atoms. The number of nitriles is 1. The number of carbonyl (C=O) groups excluding carboxylic acids is 1. The van der Waals surface area contributed by atoms with Crippen molar-refractivity contribution in [3.63, 3.8) is 0 Å². The first-order valence-corrected chi connectivity index (χ1v) is 6.96. The molecule has 0 atom stereocenters. The standard InChI is InChI=1S/C14H22N2O2/c1-11-2-6-14(10-15,7-3-11)16-13(17)12-4-8-18-9-5-12/h11-12H,2-9H2,1H3,(H,16,17). The van der Waals surface area contributed by atoms with Gasteiger partial charge in [0.2, 0.25) is 5.91 Å². The zero-order chi connectivity index (χ0) is 13.0. The molecule has 0 radical (unpaired) electrons. The molecule has 1 N–H and O–H groups in total. The Balaban J connectivity index is 1.93. The van der Waals surface area contributed by atoms with E-state index in [1.807, 2.05) is 0 Å². The van der Waals surface area contributed by atoms with Gasteiger partial charge < -0.3 is 10.1 Å². The first-order chi connectivity index (χ1) is 8.65. The van der Waals surface area contributed by atoms with E-state index in [1.54, 1.807) is 0 Å². The molecule has 1 heterocycles. The molecule has 100 valence electrons. The highest BCUT2D eigenvalue weighted by atomic mass is 16.5. The number of rotatable bonds is 2. The third-order valence-electron chi connectivity index (χ3n) is 4.30. The van der Waals surface area contributed by atoms with Crippen LogP contribution in [0.3, 0.4) is 0 Å². The number of amides is 1. The number of nitrogens with one attached hydrogen (secondary N) is 1. The summed E-state index contributed by atoms with van der Waals surface area (Å²) in [4.78, 5) is 12.2. The van der Waals surface area contributed by atoms with E-state index < -0.39 is 5.54 Å². The van der Waals surface area contributed by atoms with Gasteiger partial charge in [0.25, 0.3) is 0 Å². The van der Waals surface area contributed by atoms with Crippen molar-refractivity contribution < 1.29 is 9.53 Å². The van der Waals surface area contributed by atoms with Crippen LogP contribution in [-0.4, -0.2) is 24.7 Å². The van der Waals surface area contributed by atoms with Gasteiger partial charge in [-0.3, -0.25) is 4.79 Å². The molecule has 2 fully saturated rings. The average molecular weight is 250 g/mol. The van der Waals surface area contributed by atoms with Gasteiger partial charge in [-0.15, -0.1) is 0 Å². The summed E-state index contributed by atoms with van der Waals surface area (Å²) in [5.41, 5.74) is -0.609. The monoisotopic (exact) mass is 250 g/mol. The summed E-state index contributed by atoms with van der Waals surface area (Å²) in [7, 11) is 0. The Morgan fingerprint density at radius 2 is 1.89 bits per heavy atom. The van der Waals surface area contributed by atoms with Crippen molar-refractivity contribution in [2.75, 3.05) is 13.2 Å². The van der Waals surface area contributed by atoms with Crippen LogP contribution in [0.15, 0.2) is 0 Å². The van der Waals surface area contributed by atoms with Gasteiger partial charge in [-0.25, -0.2) is 0 Å². The highest BCUT2D eigenvalue weighted by Crippen LogP contribution is 2.32. The minimum atomic E-state index is -0.609.